The molecular formula is C18H21NOS. The van der Waals surface area contributed by atoms with E-state index in [0.29, 0.717) is 5.25 Å². The van der Waals surface area contributed by atoms with Crippen LogP contribution in [0.2, 0.25) is 0 Å². The van der Waals surface area contributed by atoms with E-state index in [1.807, 2.05) is 24.8 Å². The van der Waals surface area contributed by atoms with Gasteiger partial charge in [0.25, 0.3) is 0 Å². The molecule has 21 heavy (non-hydrogen) atoms. The summed E-state index contributed by atoms with van der Waals surface area (Å²) in [7, 11) is 0. The van der Waals surface area contributed by atoms with Crippen molar-refractivity contribution in [3.8, 4) is 5.75 Å². The van der Waals surface area contributed by atoms with Gasteiger partial charge in [0.15, 0.2) is 0 Å². The Morgan fingerprint density at radius 2 is 2.10 bits per heavy atom. The zero-order valence-electron chi connectivity index (χ0n) is 12.5. The Balaban J connectivity index is 1.62. The Labute approximate surface area is 130 Å². The van der Waals surface area contributed by atoms with Gasteiger partial charge in [-0.3, -0.25) is 0 Å². The molecular weight excluding hydrogens is 278 g/mol. The zero-order valence-corrected chi connectivity index (χ0v) is 13.3. The van der Waals surface area contributed by atoms with Crippen LogP contribution in [0.4, 0.5) is 0 Å². The van der Waals surface area contributed by atoms with Crippen molar-refractivity contribution in [3.05, 3.63) is 59.2 Å². The van der Waals surface area contributed by atoms with Gasteiger partial charge in [0, 0.05) is 16.2 Å². The number of rotatable bonds is 4. The van der Waals surface area contributed by atoms with E-state index < -0.39 is 0 Å². The maximum absolute atomic E-state index is 6.03. The van der Waals surface area contributed by atoms with E-state index in [9.17, 15) is 0 Å². The van der Waals surface area contributed by atoms with Gasteiger partial charge in [0.1, 0.15) is 12.4 Å². The highest BCUT2D eigenvalue weighted by molar-refractivity contribution is 8.00. The molecule has 2 N–H and O–H groups in total. The molecule has 0 aliphatic carbocycles. The van der Waals surface area contributed by atoms with Crippen LogP contribution in [0.3, 0.4) is 0 Å². The fourth-order valence-electron chi connectivity index (χ4n) is 2.65. The average molecular weight is 299 g/mol. The molecule has 3 rings (SSSR count). The number of nitrogens with two attached hydrogens (primary N) is 1. The predicted molar refractivity (Wildman–Crippen MR) is 89.1 cm³/mol. The van der Waals surface area contributed by atoms with Gasteiger partial charge in [-0.1, -0.05) is 30.3 Å². The second kappa shape index (κ2) is 6.12. The smallest absolute Gasteiger partial charge is 0.122 e. The number of fused-ring (bicyclic) bond motifs is 1. The monoisotopic (exact) mass is 299 g/mol. The average Bonchev–Trinajstić information content (AvgIpc) is 2.88. The van der Waals surface area contributed by atoms with Crippen molar-refractivity contribution in [1.29, 1.82) is 0 Å². The summed E-state index contributed by atoms with van der Waals surface area (Å²) >= 11 is 1.92. The highest BCUT2D eigenvalue weighted by Crippen LogP contribution is 2.37. The predicted octanol–water partition coefficient (Wildman–Crippen LogP) is 4.11. The first-order valence-electron chi connectivity index (χ1n) is 7.37. The molecule has 1 unspecified atom stereocenters. The molecule has 2 nitrogen and oxygen atoms in total. The quantitative estimate of drug-likeness (QED) is 0.922. The van der Waals surface area contributed by atoms with Crippen LogP contribution < -0.4 is 10.5 Å². The summed E-state index contributed by atoms with van der Waals surface area (Å²) in [6.07, 6.45) is 1.10. The lowest BCUT2D eigenvalue weighted by Crippen LogP contribution is -2.14. The standard InChI is InChI=1S/C18H21NOS/c1-12-9-14(13(2)19)7-8-17(12)20-11-16-10-15-5-3-4-6-18(15)21-16/h3-9,13,16H,10-11,19H2,1-2H3/t13-,16?/m0/s1. The van der Waals surface area contributed by atoms with Crippen LogP contribution in [0.15, 0.2) is 47.4 Å². The minimum atomic E-state index is 0.0673. The Morgan fingerprint density at radius 1 is 1.29 bits per heavy atom. The molecule has 0 fully saturated rings. The van der Waals surface area contributed by atoms with E-state index >= 15 is 0 Å². The number of aryl methyl sites for hydroxylation is 1. The number of hydrogen-bond acceptors (Lipinski definition) is 3. The largest absolute Gasteiger partial charge is 0.492 e. The van der Waals surface area contributed by atoms with E-state index in [4.69, 9.17) is 10.5 Å². The third-order valence-electron chi connectivity index (χ3n) is 3.86. The normalized spacial score (nSPS) is 18.3. The molecule has 0 bridgehead atoms. The van der Waals surface area contributed by atoms with Crippen molar-refractivity contribution in [2.24, 2.45) is 5.73 Å². The highest BCUT2D eigenvalue weighted by Gasteiger charge is 2.22. The van der Waals surface area contributed by atoms with Crippen LogP contribution >= 0.6 is 11.8 Å². The summed E-state index contributed by atoms with van der Waals surface area (Å²) in [6, 6.07) is 14.9. The lowest BCUT2D eigenvalue weighted by Gasteiger charge is -2.14. The molecule has 0 saturated heterocycles. The first-order valence-corrected chi connectivity index (χ1v) is 8.25. The molecule has 0 spiro atoms. The van der Waals surface area contributed by atoms with Crippen LogP contribution in [-0.2, 0) is 6.42 Å². The molecule has 2 aromatic carbocycles. The molecule has 0 radical (unpaired) electrons. The SMILES string of the molecule is Cc1cc([C@H](C)N)ccc1OCC1Cc2ccccc2S1. The van der Waals surface area contributed by atoms with Crippen molar-refractivity contribution in [2.45, 2.75) is 36.5 Å². The number of hydrogen-bond donors (Lipinski definition) is 1. The Hall–Kier alpha value is -1.45. The van der Waals surface area contributed by atoms with Crippen molar-refractivity contribution in [3.63, 3.8) is 0 Å². The van der Waals surface area contributed by atoms with Crippen molar-refractivity contribution < 1.29 is 4.74 Å². The fourth-order valence-corrected chi connectivity index (χ4v) is 3.87. The van der Waals surface area contributed by atoms with Gasteiger partial charge < -0.3 is 10.5 Å². The molecule has 0 amide bonds. The summed E-state index contributed by atoms with van der Waals surface area (Å²) in [5.74, 6) is 0.968. The first kappa shape index (κ1) is 14.5. The van der Waals surface area contributed by atoms with Crippen molar-refractivity contribution in [2.75, 3.05) is 6.61 Å². The summed E-state index contributed by atoms with van der Waals surface area (Å²) in [5.41, 5.74) is 9.67. The molecule has 0 saturated carbocycles. The van der Waals surface area contributed by atoms with E-state index in [0.717, 1.165) is 29.9 Å². The molecule has 1 aliphatic rings. The van der Waals surface area contributed by atoms with Gasteiger partial charge in [0.05, 0.1) is 0 Å². The number of thioether (sulfide) groups is 1. The lowest BCUT2D eigenvalue weighted by atomic mass is 10.1. The lowest BCUT2D eigenvalue weighted by molar-refractivity contribution is 0.315. The molecule has 1 heterocycles. The minimum absolute atomic E-state index is 0.0673. The molecule has 0 aromatic heterocycles. The molecule has 1 aliphatic heterocycles. The fraction of sp³-hybridized carbons (Fsp3) is 0.333. The minimum Gasteiger partial charge on any atom is -0.492 e. The third kappa shape index (κ3) is 3.25. The van der Waals surface area contributed by atoms with Gasteiger partial charge in [0.2, 0.25) is 0 Å². The Kier molecular flexibility index (Phi) is 4.22. The summed E-state index contributed by atoms with van der Waals surface area (Å²) in [4.78, 5) is 1.40. The van der Waals surface area contributed by atoms with Gasteiger partial charge in [-0.05, 0) is 49.1 Å². The molecule has 110 valence electrons. The number of benzene rings is 2. The van der Waals surface area contributed by atoms with Crippen LogP contribution in [0.25, 0.3) is 0 Å². The molecule has 3 heteroatoms. The zero-order chi connectivity index (χ0) is 14.8. The first-order chi connectivity index (χ1) is 10.1. The van der Waals surface area contributed by atoms with Gasteiger partial charge in [-0.25, -0.2) is 0 Å². The van der Waals surface area contributed by atoms with Crippen LogP contribution in [0.5, 0.6) is 5.75 Å². The molecule has 2 aromatic rings. The number of ether oxygens (including phenoxy) is 1. The second-order valence-corrected chi connectivity index (χ2v) is 7.02. The highest BCUT2D eigenvalue weighted by atomic mass is 32.2. The van der Waals surface area contributed by atoms with Gasteiger partial charge in [-0.15, -0.1) is 11.8 Å². The van der Waals surface area contributed by atoms with Crippen LogP contribution in [-0.4, -0.2) is 11.9 Å². The Morgan fingerprint density at radius 3 is 2.81 bits per heavy atom. The Bertz CT molecular complexity index is 614. The van der Waals surface area contributed by atoms with Gasteiger partial charge in [-0.2, -0.15) is 0 Å². The van der Waals surface area contributed by atoms with Crippen molar-refractivity contribution in [1.82, 2.24) is 0 Å². The van der Waals surface area contributed by atoms with Crippen LogP contribution in [0, 0.1) is 6.92 Å². The summed E-state index contributed by atoms with van der Waals surface area (Å²) in [5, 5.41) is 0.509. The summed E-state index contributed by atoms with van der Waals surface area (Å²) < 4.78 is 6.03. The summed E-state index contributed by atoms with van der Waals surface area (Å²) in [6.45, 7) is 4.83. The molecule has 2 atom stereocenters. The topological polar surface area (TPSA) is 35.2 Å². The van der Waals surface area contributed by atoms with E-state index in [1.165, 1.54) is 10.5 Å². The second-order valence-electron chi connectivity index (χ2n) is 5.68. The third-order valence-corrected chi connectivity index (χ3v) is 5.15. The van der Waals surface area contributed by atoms with E-state index in [2.05, 4.69) is 43.3 Å². The van der Waals surface area contributed by atoms with Crippen molar-refractivity contribution >= 4 is 11.8 Å². The van der Waals surface area contributed by atoms with Gasteiger partial charge >= 0.3 is 0 Å². The van der Waals surface area contributed by atoms with Crippen LogP contribution in [0.1, 0.15) is 29.7 Å². The van der Waals surface area contributed by atoms with E-state index in [-0.39, 0.29) is 6.04 Å². The van der Waals surface area contributed by atoms with E-state index in [1.54, 1.807) is 0 Å². The maximum Gasteiger partial charge on any atom is 0.122 e. The maximum atomic E-state index is 6.03.